The maximum atomic E-state index is 13.0. The van der Waals surface area contributed by atoms with Crippen molar-refractivity contribution in [2.45, 2.75) is 19.4 Å². The minimum absolute atomic E-state index is 0.0899. The number of thiocarbonyl (C=S) groups is 1. The molecule has 0 aliphatic carbocycles. The Morgan fingerprint density at radius 3 is 2.38 bits per heavy atom. The first-order valence-electron chi connectivity index (χ1n) is 8.81. The van der Waals surface area contributed by atoms with Gasteiger partial charge in [0.1, 0.15) is 10.4 Å². The van der Waals surface area contributed by atoms with Crippen molar-refractivity contribution in [3.05, 3.63) is 69.6 Å². The van der Waals surface area contributed by atoms with E-state index in [2.05, 4.69) is 0 Å². The van der Waals surface area contributed by atoms with Crippen LogP contribution in [0.15, 0.2) is 53.4 Å². The Morgan fingerprint density at radius 2 is 1.72 bits per heavy atom. The van der Waals surface area contributed by atoms with Gasteiger partial charge in [-0.25, -0.2) is 4.90 Å². The molecule has 2 saturated heterocycles. The van der Waals surface area contributed by atoms with Gasteiger partial charge >= 0.3 is 0 Å². The van der Waals surface area contributed by atoms with Gasteiger partial charge in [0.2, 0.25) is 5.91 Å². The van der Waals surface area contributed by atoms with Crippen LogP contribution in [-0.4, -0.2) is 33.0 Å². The van der Waals surface area contributed by atoms with Crippen molar-refractivity contribution in [1.29, 1.82) is 0 Å². The molecule has 0 N–H and O–H groups in total. The van der Waals surface area contributed by atoms with Gasteiger partial charge in [-0.1, -0.05) is 65.4 Å². The van der Waals surface area contributed by atoms with Crippen molar-refractivity contribution < 1.29 is 14.4 Å². The standard InChI is InChI=1S/C21H15ClN2O3S2/c1-12-2-8-15(9-3-12)23-18(25)11-16(19(23)26)24-20(27)17(29-21(24)28)10-13-4-6-14(22)7-5-13/h2-10,16H,11H2,1H3/b17-10-/t16-/m0/s1. The number of aryl methyl sites for hydroxylation is 1. The first kappa shape index (κ1) is 19.8. The summed E-state index contributed by atoms with van der Waals surface area (Å²) >= 11 is 12.4. The van der Waals surface area contributed by atoms with E-state index in [0.717, 1.165) is 27.8 Å². The number of anilines is 1. The Balaban J connectivity index is 1.59. The lowest BCUT2D eigenvalue weighted by atomic mass is 10.2. The van der Waals surface area contributed by atoms with Gasteiger partial charge in [0.05, 0.1) is 17.0 Å². The number of halogens is 1. The van der Waals surface area contributed by atoms with Crippen molar-refractivity contribution in [2.75, 3.05) is 4.90 Å². The third kappa shape index (κ3) is 3.73. The summed E-state index contributed by atoms with van der Waals surface area (Å²) in [6, 6.07) is 13.2. The number of benzene rings is 2. The molecule has 1 atom stereocenters. The van der Waals surface area contributed by atoms with Crippen LogP contribution in [0, 0.1) is 6.92 Å². The fourth-order valence-corrected chi connectivity index (χ4v) is 4.72. The molecule has 146 valence electrons. The number of hydrogen-bond acceptors (Lipinski definition) is 5. The lowest BCUT2D eigenvalue weighted by Crippen LogP contribution is -2.44. The summed E-state index contributed by atoms with van der Waals surface area (Å²) in [6.45, 7) is 1.92. The number of imide groups is 1. The van der Waals surface area contributed by atoms with Crippen molar-refractivity contribution in [3.63, 3.8) is 0 Å². The fourth-order valence-electron chi connectivity index (χ4n) is 3.24. The average Bonchev–Trinajstić information content (AvgIpc) is 3.12. The molecule has 0 aromatic heterocycles. The van der Waals surface area contributed by atoms with Gasteiger partial charge in [-0.3, -0.25) is 19.3 Å². The quantitative estimate of drug-likeness (QED) is 0.405. The minimum atomic E-state index is -0.924. The third-order valence-electron chi connectivity index (χ3n) is 4.72. The monoisotopic (exact) mass is 442 g/mol. The molecule has 2 aromatic carbocycles. The number of carbonyl (C=O) groups excluding carboxylic acids is 3. The van der Waals surface area contributed by atoms with Crippen LogP contribution in [0.5, 0.6) is 0 Å². The summed E-state index contributed by atoms with van der Waals surface area (Å²) in [5, 5.41) is 0.598. The Bertz CT molecular complexity index is 1060. The van der Waals surface area contributed by atoms with Crippen LogP contribution in [0.4, 0.5) is 5.69 Å². The highest BCUT2D eigenvalue weighted by Crippen LogP contribution is 2.37. The zero-order valence-corrected chi connectivity index (χ0v) is 17.7. The molecular weight excluding hydrogens is 428 g/mol. The highest BCUT2D eigenvalue weighted by Gasteiger charge is 2.48. The Labute approximate surface area is 182 Å². The van der Waals surface area contributed by atoms with Crippen molar-refractivity contribution in [3.8, 4) is 0 Å². The molecule has 2 fully saturated rings. The van der Waals surface area contributed by atoms with E-state index in [0.29, 0.717) is 15.6 Å². The molecule has 2 aromatic rings. The average molecular weight is 443 g/mol. The predicted octanol–water partition coefficient (Wildman–Crippen LogP) is 4.18. The van der Waals surface area contributed by atoms with Gasteiger partial charge in [0, 0.05) is 5.02 Å². The number of amides is 3. The number of thioether (sulfide) groups is 1. The van der Waals surface area contributed by atoms with E-state index in [1.165, 1.54) is 4.90 Å². The van der Waals surface area contributed by atoms with Crippen molar-refractivity contribution >= 4 is 69.4 Å². The number of carbonyl (C=O) groups is 3. The van der Waals surface area contributed by atoms with E-state index in [1.807, 2.05) is 19.1 Å². The van der Waals surface area contributed by atoms with Crippen LogP contribution in [0.2, 0.25) is 5.02 Å². The second kappa shape index (κ2) is 7.74. The maximum Gasteiger partial charge on any atom is 0.266 e. The van der Waals surface area contributed by atoms with E-state index in [9.17, 15) is 14.4 Å². The van der Waals surface area contributed by atoms with Crippen LogP contribution in [0.1, 0.15) is 17.5 Å². The summed E-state index contributed by atoms with van der Waals surface area (Å²) in [5.41, 5.74) is 2.31. The molecule has 0 saturated carbocycles. The molecule has 0 bridgehead atoms. The van der Waals surface area contributed by atoms with E-state index >= 15 is 0 Å². The van der Waals surface area contributed by atoms with Gasteiger partial charge in [-0.2, -0.15) is 0 Å². The highest BCUT2D eigenvalue weighted by atomic mass is 35.5. The van der Waals surface area contributed by atoms with Gasteiger partial charge in [0.25, 0.3) is 11.8 Å². The fraction of sp³-hybridized carbons (Fsp3) is 0.143. The molecule has 8 heteroatoms. The summed E-state index contributed by atoms with van der Waals surface area (Å²) in [4.78, 5) is 41.3. The molecule has 2 heterocycles. The molecule has 2 aliphatic heterocycles. The lowest BCUT2D eigenvalue weighted by Gasteiger charge is -2.21. The predicted molar refractivity (Wildman–Crippen MR) is 119 cm³/mol. The summed E-state index contributed by atoms with van der Waals surface area (Å²) < 4.78 is 0.270. The van der Waals surface area contributed by atoms with Crippen molar-refractivity contribution in [1.82, 2.24) is 4.90 Å². The van der Waals surface area contributed by atoms with E-state index in [1.54, 1.807) is 42.5 Å². The van der Waals surface area contributed by atoms with Crippen LogP contribution >= 0.6 is 35.6 Å². The number of hydrogen-bond donors (Lipinski definition) is 0. The highest BCUT2D eigenvalue weighted by molar-refractivity contribution is 8.26. The zero-order valence-electron chi connectivity index (χ0n) is 15.3. The first-order chi connectivity index (χ1) is 13.8. The zero-order chi connectivity index (χ0) is 20.7. The summed E-state index contributed by atoms with van der Waals surface area (Å²) in [6.07, 6.45) is 1.61. The molecule has 4 rings (SSSR count). The summed E-state index contributed by atoms with van der Waals surface area (Å²) in [5.74, 6) is -1.16. The van der Waals surface area contributed by atoms with E-state index in [-0.39, 0.29) is 22.6 Å². The molecular formula is C21H15ClN2O3S2. The molecule has 0 radical (unpaired) electrons. The van der Waals surface area contributed by atoms with Gasteiger partial charge in [-0.15, -0.1) is 0 Å². The number of rotatable bonds is 3. The van der Waals surface area contributed by atoms with Crippen molar-refractivity contribution in [2.24, 2.45) is 0 Å². The maximum absolute atomic E-state index is 13.0. The minimum Gasteiger partial charge on any atom is -0.280 e. The van der Waals surface area contributed by atoms with Gasteiger partial charge in [-0.05, 0) is 42.8 Å². The third-order valence-corrected chi connectivity index (χ3v) is 6.30. The van der Waals surface area contributed by atoms with E-state index < -0.39 is 11.9 Å². The molecule has 3 amide bonds. The van der Waals surface area contributed by atoms with Crippen LogP contribution in [0.25, 0.3) is 6.08 Å². The molecule has 2 aliphatic rings. The van der Waals surface area contributed by atoms with Gasteiger partial charge < -0.3 is 0 Å². The lowest BCUT2D eigenvalue weighted by molar-refractivity contribution is -0.129. The smallest absolute Gasteiger partial charge is 0.266 e. The normalized spacial score (nSPS) is 21.0. The van der Waals surface area contributed by atoms with Crippen LogP contribution < -0.4 is 4.90 Å². The largest absolute Gasteiger partial charge is 0.280 e. The topological polar surface area (TPSA) is 57.7 Å². The SMILES string of the molecule is Cc1ccc(N2C(=O)C[C@H](N3C(=O)/C(=C/c4ccc(Cl)cc4)SC3=S)C2=O)cc1. The summed E-state index contributed by atoms with van der Waals surface area (Å²) in [7, 11) is 0. The van der Waals surface area contributed by atoms with Crippen LogP contribution in [0.3, 0.4) is 0 Å². The second-order valence-corrected chi connectivity index (χ2v) is 8.84. The second-order valence-electron chi connectivity index (χ2n) is 6.73. The molecule has 0 unspecified atom stereocenters. The van der Waals surface area contributed by atoms with E-state index in [4.69, 9.17) is 23.8 Å². The van der Waals surface area contributed by atoms with Gasteiger partial charge in [0.15, 0.2) is 0 Å². The molecule has 29 heavy (non-hydrogen) atoms. The number of nitrogens with zero attached hydrogens (tertiary/aromatic N) is 2. The Morgan fingerprint density at radius 1 is 1.07 bits per heavy atom. The Hall–Kier alpha value is -2.48. The molecule has 0 spiro atoms. The Kier molecular flexibility index (Phi) is 5.29. The van der Waals surface area contributed by atoms with Crippen LogP contribution in [-0.2, 0) is 14.4 Å². The molecule has 5 nitrogen and oxygen atoms in total. The first-order valence-corrected chi connectivity index (χ1v) is 10.4.